The Labute approximate surface area is 58.1 Å². The molecule has 0 aliphatic carbocycles. The maximum Gasteiger partial charge on any atom is 0.0431 e. The molecule has 0 heterocycles. The van der Waals surface area contributed by atoms with Gasteiger partial charge in [-0.3, -0.25) is 0 Å². The first-order valence-corrected chi connectivity index (χ1v) is 3.92. The van der Waals surface area contributed by atoms with Gasteiger partial charge in [-0.25, -0.2) is 0 Å². The van der Waals surface area contributed by atoms with Crippen LogP contribution >= 0.6 is 0 Å². The average Bonchev–Trinajstić information content (AvgIpc) is 1.85. The predicted octanol–water partition coefficient (Wildman–Crippen LogP) is 2.20. The summed E-state index contributed by atoms with van der Waals surface area (Å²) in [6.45, 7) is 4.81. The maximum atomic E-state index is 8.48. The van der Waals surface area contributed by atoms with Crippen molar-refractivity contribution in [1.82, 2.24) is 0 Å². The van der Waals surface area contributed by atoms with Gasteiger partial charge in [-0.15, -0.1) is 0 Å². The van der Waals surface area contributed by atoms with Crippen LogP contribution in [0.3, 0.4) is 0 Å². The molecule has 9 heavy (non-hydrogen) atoms. The van der Waals surface area contributed by atoms with Gasteiger partial charge in [0.05, 0.1) is 0 Å². The lowest BCUT2D eigenvalue weighted by Gasteiger charge is -2.06. The minimum atomic E-state index is 0.355. The minimum Gasteiger partial charge on any atom is -0.396 e. The zero-order valence-corrected chi connectivity index (χ0v) is 6.56. The molecule has 0 radical (unpaired) electrons. The van der Waals surface area contributed by atoms with E-state index in [4.69, 9.17) is 5.11 Å². The van der Waals surface area contributed by atoms with Crippen molar-refractivity contribution in [1.29, 1.82) is 0 Å². The molecule has 0 rings (SSSR count). The van der Waals surface area contributed by atoms with E-state index in [1.807, 2.05) is 0 Å². The summed E-state index contributed by atoms with van der Waals surface area (Å²) in [5.41, 5.74) is 0. The third-order valence-electron chi connectivity index (χ3n) is 1.64. The van der Waals surface area contributed by atoms with E-state index in [0.29, 0.717) is 6.61 Å². The highest BCUT2D eigenvalue weighted by Crippen LogP contribution is 2.10. The highest BCUT2D eigenvalue weighted by Gasteiger charge is 1.97. The Hall–Kier alpha value is -0.0400. The van der Waals surface area contributed by atoms with Crippen molar-refractivity contribution in [2.45, 2.75) is 39.5 Å². The number of aliphatic hydroxyl groups is 1. The summed E-state index contributed by atoms with van der Waals surface area (Å²) in [5.74, 6) is 0.808. The largest absolute Gasteiger partial charge is 0.396 e. The molecule has 0 spiro atoms. The summed E-state index contributed by atoms with van der Waals surface area (Å²) < 4.78 is 0. The van der Waals surface area contributed by atoms with Gasteiger partial charge in [0.1, 0.15) is 0 Å². The third kappa shape index (κ3) is 5.84. The van der Waals surface area contributed by atoms with Gasteiger partial charge in [0.25, 0.3) is 0 Å². The quantitative estimate of drug-likeness (QED) is 0.605. The Bertz CT molecular complexity index is 52.5. The van der Waals surface area contributed by atoms with Crippen molar-refractivity contribution < 1.29 is 5.11 Å². The zero-order valence-electron chi connectivity index (χ0n) is 6.56. The van der Waals surface area contributed by atoms with Crippen LogP contribution in [0.1, 0.15) is 39.5 Å². The summed E-state index contributed by atoms with van der Waals surface area (Å²) >= 11 is 0. The Morgan fingerprint density at radius 3 is 2.44 bits per heavy atom. The molecule has 0 aromatic carbocycles. The lowest BCUT2D eigenvalue weighted by Crippen LogP contribution is -1.95. The molecule has 1 N–H and O–H groups in total. The molecule has 0 aliphatic rings. The molecule has 0 aromatic rings. The first-order chi connectivity index (χ1) is 4.31. The second-order valence-corrected chi connectivity index (χ2v) is 2.76. The normalized spacial score (nSPS) is 13.7. The van der Waals surface area contributed by atoms with E-state index in [9.17, 15) is 0 Å². The molecule has 0 saturated heterocycles. The summed E-state index contributed by atoms with van der Waals surface area (Å²) in [6, 6.07) is 0. The van der Waals surface area contributed by atoms with Gasteiger partial charge in [-0.1, -0.05) is 26.7 Å². The molecule has 0 aliphatic heterocycles. The van der Waals surface area contributed by atoms with Gasteiger partial charge >= 0.3 is 0 Å². The van der Waals surface area contributed by atoms with E-state index in [1.165, 1.54) is 19.3 Å². The first-order valence-electron chi connectivity index (χ1n) is 3.92. The Morgan fingerprint density at radius 2 is 2.00 bits per heavy atom. The molecule has 0 saturated carbocycles. The van der Waals surface area contributed by atoms with Gasteiger partial charge in [-0.2, -0.15) is 0 Å². The third-order valence-corrected chi connectivity index (χ3v) is 1.64. The van der Waals surface area contributed by atoms with Crippen molar-refractivity contribution >= 4 is 0 Å². The SMILES string of the molecule is CCCC(C)CCCO. The number of aliphatic hydroxyl groups excluding tert-OH is 1. The van der Waals surface area contributed by atoms with Crippen LogP contribution in [0.25, 0.3) is 0 Å². The van der Waals surface area contributed by atoms with Crippen LogP contribution in [0, 0.1) is 5.92 Å². The molecular weight excluding hydrogens is 112 g/mol. The Kier molecular flexibility index (Phi) is 6.06. The van der Waals surface area contributed by atoms with E-state index < -0.39 is 0 Å². The molecule has 0 fully saturated rings. The van der Waals surface area contributed by atoms with Gasteiger partial charge in [0.2, 0.25) is 0 Å². The fourth-order valence-corrected chi connectivity index (χ4v) is 1.08. The van der Waals surface area contributed by atoms with Crippen LogP contribution in [-0.4, -0.2) is 11.7 Å². The van der Waals surface area contributed by atoms with E-state index in [1.54, 1.807) is 0 Å². The average molecular weight is 130 g/mol. The predicted molar refractivity (Wildman–Crippen MR) is 40.4 cm³/mol. The zero-order chi connectivity index (χ0) is 7.11. The van der Waals surface area contributed by atoms with Gasteiger partial charge in [-0.05, 0) is 18.8 Å². The van der Waals surface area contributed by atoms with Crippen molar-refractivity contribution in [3.63, 3.8) is 0 Å². The van der Waals surface area contributed by atoms with Crippen molar-refractivity contribution in [3.05, 3.63) is 0 Å². The highest BCUT2D eigenvalue weighted by molar-refractivity contribution is 4.50. The van der Waals surface area contributed by atoms with Gasteiger partial charge in [0.15, 0.2) is 0 Å². The van der Waals surface area contributed by atoms with Crippen molar-refractivity contribution in [2.24, 2.45) is 5.92 Å². The first kappa shape index (κ1) is 8.96. The van der Waals surface area contributed by atoms with Gasteiger partial charge in [0, 0.05) is 6.61 Å². The Balaban J connectivity index is 2.95. The number of hydrogen-bond acceptors (Lipinski definition) is 1. The number of hydrogen-bond donors (Lipinski definition) is 1. The van der Waals surface area contributed by atoms with Crippen molar-refractivity contribution in [2.75, 3.05) is 6.61 Å². The summed E-state index contributed by atoms with van der Waals surface area (Å²) in [7, 11) is 0. The van der Waals surface area contributed by atoms with E-state index in [-0.39, 0.29) is 0 Å². The monoisotopic (exact) mass is 130 g/mol. The molecule has 1 atom stereocenters. The standard InChI is InChI=1S/C8H18O/c1-3-5-8(2)6-4-7-9/h8-9H,3-7H2,1-2H3. The summed E-state index contributed by atoms with van der Waals surface area (Å²) in [6.07, 6.45) is 4.73. The van der Waals surface area contributed by atoms with Crippen LogP contribution in [0.4, 0.5) is 0 Å². The van der Waals surface area contributed by atoms with Crippen LogP contribution in [-0.2, 0) is 0 Å². The second-order valence-electron chi connectivity index (χ2n) is 2.76. The van der Waals surface area contributed by atoms with E-state index in [0.717, 1.165) is 12.3 Å². The summed E-state index contributed by atoms with van der Waals surface area (Å²) in [4.78, 5) is 0. The molecule has 1 heteroatoms. The van der Waals surface area contributed by atoms with Crippen LogP contribution in [0.2, 0.25) is 0 Å². The molecule has 0 aromatic heterocycles. The van der Waals surface area contributed by atoms with Crippen LogP contribution < -0.4 is 0 Å². The smallest absolute Gasteiger partial charge is 0.0431 e. The fraction of sp³-hybridized carbons (Fsp3) is 1.00. The van der Waals surface area contributed by atoms with Gasteiger partial charge < -0.3 is 5.11 Å². The lowest BCUT2D eigenvalue weighted by molar-refractivity contribution is 0.271. The van der Waals surface area contributed by atoms with Crippen LogP contribution in [0.5, 0.6) is 0 Å². The molecule has 56 valence electrons. The van der Waals surface area contributed by atoms with Crippen LogP contribution in [0.15, 0.2) is 0 Å². The summed E-state index contributed by atoms with van der Waals surface area (Å²) in [5, 5.41) is 8.48. The highest BCUT2D eigenvalue weighted by atomic mass is 16.2. The molecule has 1 nitrogen and oxygen atoms in total. The maximum absolute atomic E-state index is 8.48. The molecule has 0 amide bonds. The molecule has 0 bridgehead atoms. The lowest BCUT2D eigenvalue weighted by atomic mass is 10.0. The van der Waals surface area contributed by atoms with E-state index in [2.05, 4.69) is 13.8 Å². The topological polar surface area (TPSA) is 20.2 Å². The molecule has 1 unspecified atom stereocenters. The van der Waals surface area contributed by atoms with E-state index >= 15 is 0 Å². The number of rotatable bonds is 5. The van der Waals surface area contributed by atoms with Crippen molar-refractivity contribution in [3.8, 4) is 0 Å². The Morgan fingerprint density at radius 1 is 1.33 bits per heavy atom. The second kappa shape index (κ2) is 6.09. The fourth-order valence-electron chi connectivity index (χ4n) is 1.08. The molecular formula is C8H18O. The minimum absolute atomic E-state index is 0.355.